The van der Waals surface area contributed by atoms with Crippen molar-refractivity contribution in [3.05, 3.63) is 106 Å². The molecule has 0 saturated heterocycles. The van der Waals surface area contributed by atoms with Crippen molar-refractivity contribution in [2.24, 2.45) is 0 Å². The van der Waals surface area contributed by atoms with Crippen LogP contribution in [0, 0.1) is 13.8 Å². The van der Waals surface area contributed by atoms with Gasteiger partial charge in [-0.15, -0.1) is 0 Å². The molecule has 35 heavy (non-hydrogen) atoms. The molecule has 1 amide bonds. The van der Waals surface area contributed by atoms with Gasteiger partial charge < -0.3 is 9.47 Å². The number of aromatic nitrogens is 5. The summed E-state index contributed by atoms with van der Waals surface area (Å²) in [7, 11) is 0. The average molecular weight is 465 g/mol. The summed E-state index contributed by atoms with van der Waals surface area (Å²) in [5.74, 6) is 0.787. The van der Waals surface area contributed by atoms with Gasteiger partial charge in [0, 0.05) is 18.0 Å². The van der Waals surface area contributed by atoms with E-state index in [0.717, 1.165) is 28.3 Å². The molecule has 0 atom stereocenters. The zero-order valence-electron chi connectivity index (χ0n) is 19.5. The molecule has 4 heterocycles. The third-order valence-electron chi connectivity index (χ3n) is 6.55. The predicted octanol–water partition coefficient (Wildman–Crippen LogP) is 3.53. The second kappa shape index (κ2) is 8.09. The van der Waals surface area contributed by atoms with Crippen molar-refractivity contribution in [3.8, 4) is 11.5 Å². The number of benzene rings is 2. The number of carbonyl (C=O) groups excluding carboxylic acids is 1. The maximum atomic E-state index is 13.2. The van der Waals surface area contributed by atoms with Gasteiger partial charge in [0.1, 0.15) is 12.4 Å². The maximum absolute atomic E-state index is 13.2. The van der Waals surface area contributed by atoms with E-state index in [1.807, 2.05) is 39.8 Å². The van der Waals surface area contributed by atoms with Gasteiger partial charge in [-0.1, -0.05) is 29.8 Å². The van der Waals surface area contributed by atoms with Gasteiger partial charge in [-0.2, -0.15) is 5.10 Å². The molecule has 0 fully saturated rings. The summed E-state index contributed by atoms with van der Waals surface area (Å²) >= 11 is 0. The molecule has 0 spiro atoms. The van der Waals surface area contributed by atoms with Gasteiger partial charge in [0.25, 0.3) is 5.56 Å². The lowest BCUT2D eigenvalue weighted by Gasteiger charge is -2.18. The zero-order valence-corrected chi connectivity index (χ0v) is 19.5. The van der Waals surface area contributed by atoms with Crippen molar-refractivity contribution in [1.82, 2.24) is 28.8 Å². The lowest BCUT2D eigenvalue weighted by molar-refractivity contribution is -0.132. The minimum absolute atomic E-state index is 0.0587. The summed E-state index contributed by atoms with van der Waals surface area (Å²) in [6, 6.07) is 17.4. The summed E-state index contributed by atoms with van der Waals surface area (Å²) in [5.41, 5.74) is 5.64. The minimum Gasteiger partial charge on any atom is -0.331 e. The highest BCUT2D eigenvalue weighted by molar-refractivity contribution is 5.79. The maximum Gasteiger partial charge on any atom is 0.261 e. The molecule has 1 aliphatic heterocycles. The molecule has 174 valence electrons. The van der Waals surface area contributed by atoms with Crippen LogP contribution in [-0.2, 0) is 24.4 Å². The van der Waals surface area contributed by atoms with E-state index in [4.69, 9.17) is 5.10 Å². The molecule has 0 aliphatic carbocycles. The van der Waals surface area contributed by atoms with Crippen molar-refractivity contribution in [2.45, 2.75) is 33.5 Å². The van der Waals surface area contributed by atoms with Gasteiger partial charge in [0.2, 0.25) is 5.91 Å². The fraction of sp³-hybridized carbons (Fsp3) is 0.185. The van der Waals surface area contributed by atoms with Gasteiger partial charge in [0.05, 0.1) is 41.7 Å². The molecular weight excluding hydrogens is 440 g/mol. The Bertz CT molecular complexity index is 1640. The Morgan fingerprint density at radius 3 is 2.60 bits per heavy atom. The van der Waals surface area contributed by atoms with Crippen molar-refractivity contribution in [2.75, 3.05) is 0 Å². The standard InChI is InChI=1S/C27H24N6O2/c1-18-9-10-24(19(2)13-18)33-26(30-11-5-6-12-30)21-14-31(15-23(21)29-33)25(34)16-32-17-28-22-8-4-3-7-20(22)27(32)35/h3-13,17H,14-16H2,1-2H3. The van der Waals surface area contributed by atoms with Crippen LogP contribution in [0.2, 0.25) is 0 Å². The molecule has 8 heteroatoms. The Labute approximate surface area is 201 Å². The fourth-order valence-electron chi connectivity index (χ4n) is 4.79. The van der Waals surface area contributed by atoms with E-state index in [-0.39, 0.29) is 18.0 Å². The van der Waals surface area contributed by atoms with Crippen molar-refractivity contribution < 1.29 is 4.79 Å². The Morgan fingerprint density at radius 1 is 1.00 bits per heavy atom. The van der Waals surface area contributed by atoms with Gasteiger partial charge >= 0.3 is 0 Å². The molecule has 3 aromatic heterocycles. The fourth-order valence-corrected chi connectivity index (χ4v) is 4.79. The molecule has 6 rings (SSSR count). The van der Waals surface area contributed by atoms with E-state index in [9.17, 15) is 9.59 Å². The van der Waals surface area contributed by atoms with Crippen LogP contribution in [0.3, 0.4) is 0 Å². The Kier molecular flexibility index (Phi) is 4.88. The van der Waals surface area contributed by atoms with Crippen molar-refractivity contribution in [3.63, 3.8) is 0 Å². The molecule has 0 bridgehead atoms. The lowest BCUT2D eigenvalue weighted by atomic mass is 10.1. The highest BCUT2D eigenvalue weighted by Gasteiger charge is 2.31. The smallest absolute Gasteiger partial charge is 0.261 e. The largest absolute Gasteiger partial charge is 0.331 e. The molecule has 0 N–H and O–H groups in total. The quantitative estimate of drug-likeness (QED) is 0.408. The first-order valence-electron chi connectivity index (χ1n) is 11.5. The van der Waals surface area contributed by atoms with Crippen LogP contribution in [0.4, 0.5) is 0 Å². The summed E-state index contributed by atoms with van der Waals surface area (Å²) in [4.78, 5) is 32.1. The van der Waals surface area contributed by atoms with Crippen molar-refractivity contribution >= 4 is 16.8 Å². The van der Waals surface area contributed by atoms with Crippen LogP contribution >= 0.6 is 0 Å². The topological polar surface area (TPSA) is 78.0 Å². The average Bonchev–Trinajstić information content (AvgIpc) is 3.57. The van der Waals surface area contributed by atoms with Crippen LogP contribution in [0.25, 0.3) is 22.4 Å². The molecule has 0 unspecified atom stereocenters. The zero-order chi connectivity index (χ0) is 24.1. The summed E-state index contributed by atoms with van der Waals surface area (Å²) < 4.78 is 5.39. The number of carbonyl (C=O) groups is 1. The van der Waals surface area contributed by atoms with Crippen LogP contribution in [0.5, 0.6) is 0 Å². The summed E-state index contributed by atoms with van der Waals surface area (Å²) in [5, 5.41) is 5.43. The highest BCUT2D eigenvalue weighted by atomic mass is 16.2. The number of nitrogens with zero attached hydrogens (tertiary/aromatic N) is 6. The van der Waals surface area contributed by atoms with Crippen LogP contribution in [0.1, 0.15) is 22.4 Å². The van der Waals surface area contributed by atoms with Gasteiger partial charge in [-0.25, -0.2) is 9.67 Å². The third kappa shape index (κ3) is 3.54. The Hall–Kier alpha value is -4.46. The van der Waals surface area contributed by atoms with Crippen LogP contribution < -0.4 is 5.56 Å². The first-order valence-corrected chi connectivity index (χ1v) is 11.5. The van der Waals surface area contributed by atoms with E-state index in [0.29, 0.717) is 24.0 Å². The van der Waals surface area contributed by atoms with E-state index in [1.54, 1.807) is 23.1 Å². The van der Waals surface area contributed by atoms with Crippen LogP contribution in [-0.4, -0.2) is 34.7 Å². The molecule has 8 nitrogen and oxygen atoms in total. The van der Waals surface area contributed by atoms with E-state index < -0.39 is 0 Å². The summed E-state index contributed by atoms with van der Waals surface area (Å²) in [6.45, 7) is 4.93. The van der Waals surface area contributed by atoms with E-state index in [1.165, 1.54) is 16.5 Å². The monoisotopic (exact) mass is 464 g/mol. The van der Waals surface area contributed by atoms with Gasteiger partial charge in [-0.05, 0) is 49.7 Å². The first kappa shape index (κ1) is 21.1. The number of fused-ring (bicyclic) bond motifs is 2. The second-order valence-electron chi connectivity index (χ2n) is 8.99. The molecule has 0 saturated carbocycles. The molecular formula is C27H24N6O2. The molecule has 0 radical (unpaired) electrons. The predicted molar refractivity (Wildman–Crippen MR) is 133 cm³/mol. The molecule has 5 aromatic rings. The van der Waals surface area contributed by atoms with Crippen molar-refractivity contribution in [1.29, 1.82) is 0 Å². The number of amides is 1. The Balaban J connectivity index is 1.33. The van der Waals surface area contributed by atoms with E-state index in [2.05, 4.69) is 37.0 Å². The van der Waals surface area contributed by atoms with Crippen LogP contribution in [0.15, 0.2) is 78.1 Å². The first-order chi connectivity index (χ1) is 17.0. The van der Waals surface area contributed by atoms with E-state index >= 15 is 0 Å². The van der Waals surface area contributed by atoms with Gasteiger partial charge in [-0.3, -0.25) is 14.2 Å². The number of hydrogen-bond acceptors (Lipinski definition) is 4. The summed E-state index contributed by atoms with van der Waals surface area (Å²) in [6.07, 6.45) is 5.42. The highest BCUT2D eigenvalue weighted by Crippen LogP contribution is 2.31. The number of aryl methyl sites for hydroxylation is 2. The SMILES string of the molecule is Cc1ccc(-n2nc3c(c2-n2cccc2)CN(C(=O)Cn2cnc4ccccc4c2=O)C3)c(C)c1. The third-order valence-corrected chi connectivity index (χ3v) is 6.55. The minimum atomic E-state index is -0.214. The normalized spacial score (nSPS) is 12.9. The Morgan fingerprint density at radius 2 is 1.80 bits per heavy atom. The lowest BCUT2D eigenvalue weighted by Crippen LogP contribution is -2.33. The second-order valence-corrected chi connectivity index (χ2v) is 8.99. The van der Waals surface area contributed by atoms with Gasteiger partial charge in [0.15, 0.2) is 0 Å². The number of para-hydroxylation sites is 1. The molecule has 2 aromatic carbocycles. The molecule has 1 aliphatic rings. The number of rotatable bonds is 4. The number of hydrogen-bond donors (Lipinski definition) is 0.